The fourth-order valence-electron chi connectivity index (χ4n) is 3.02. The van der Waals surface area contributed by atoms with Crippen molar-refractivity contribution in [3.05, 3.63) is 28.3 Å². The van der Waals surface area contributed by atoms with Crippen molar-refractivity contribution in [2.75, 3.05) is 12.4 Å². The molecule has 110 valence electrons. The molecule has 1 aliphatic rings. The number of nitro groups is 1. The number of methoxy groups -OCH3 is 1. The van der Waals surface area contributed by atoms with E-state index in [1.54, 1.807) is 12.1 Å². The summed E-state index contributed by atoms with van der Waals surface area (Å²) in [6.45, 7) is 2.21. The van der Waals surface area contributed by atoms with Crippen molar-refractivity contribution in [3.8, 4) is 5.75 Å². The van der Waals surface area contributed by atoms with E-state index in [1.165, 1.54) is 26.4 Å². The van der Waals surface area contributed by atoms with Crippen LogP contribution >= 0.6 is 0 Å². The Kier molecular flexibility index (Phi) is 4.82. The molecule has 0 saturated heterocycles. The first kappa shape index (κ1) is 14.6. The van der Waals surface area contributed by atoms with Crippen molar-refractivity contribution in [2.45, 2.75) is 45.1 Å². The van der Waals surface area contributed by atoms with Crippen molar-refractivity contribution in [2.24, 2.45) is 5.92 Å². The molecule has 0 spiro atoms. The highest BCUT2D eigenvalue weighted by Gasteiger charge is 2.24. The zero-order valence-corrected chi connectivity index (χ0v) is 12.1. The lowest BCUT2D eigenvalue weighted by Gasteiger charge is -2.32. The van der Waals surface area contributed by atoms with Crippen LogP contribution in [0.1, 0.15) is 39.0 Å². The van der Waals surface area contributed by atoms with Crippen LogP contribution in [0.5, 0.6) is 5.75 Å². The lowest BCUT2D eigenvalue weighted by atomic mass is 9.83. The molecule has 2 atom stereocenters. The molecular formula is C15H22N2O3. The summed E-state index contributed by atoms with van der Waals surface area (Å²) in [4.78, 5) is 10.6. The van der Waals surface area contributed by atoms with Crippen LogP contribution in [-0.4, -0.2) is 18.1 Å². The van der Waals surface area contributed by atoms with Gasteiger partial charge in [-0.1, -0.05) is 26.2 Å². The summed E-state index contributed by atoms with van der Waals surface area (Å²) in [6.07, 6.45) is 6.05. The van der Waals surface area contributed by atoms with Gasteiger partial charge in [0.05, 0.1) is 12.0 Å². The molecule has 1 fully saturated rings. The van der Waals surface area contributed by atoms with Crippen LogP contribution in [-0.2, 0) is 0 Å². The Morgan fingerprint density at radius 1 is 1.40 bits per heavy atom. The minimum atomic E-state index is -0.401. The Morgan fingerprint density at radius 3 is 2.80 bits per heavy atom. The Morgan fingerprint density at radius 2 is 2.15 bits per heavy atom. The summed E-state index contributed by atoms with van der Waals surface area (Å²) in [6, 6.07) is 5.50. The van der Waals surface area contributed by atoms with Crippen molar-refractivity contribution >= 4 is 11.4 Å². The number of ether oxygens (including phenoxy) is 1. The van der Waals surface area contributed by atoms with Crippen LogP contribution in [0.2, 0.25) is 0 Å². The normalized spacial score (nSPS) is 22.3. The van der Waals surface area contributed by atoms with E-state index in [0.717, 1.165) is 18.5 Å². The molecule has 1 aliphatic carbocycles. The quantitative estimate of drug-likeness (QED) is 0.653. The molecule has 2 unspecified atom stereocenters. The second kappa shape index (κ2) is 6.59. The highest BCUT2D eigenvalue weighted by Crippen LogP contribution is 2.33. The average molecular weight is 278 g/mol. The summed E-state index contributed by atoms with van der Waals surface area (Å²) in [5, 5.41) is 14.5. The van der Waals surface area contributed by atoms with Gasteiger partial charge in [-0.15, -0.1) is 0 Å². The third-order valence-corrected chi connectivity index (χ3v) is 4.16. The molecule has 1 N–H and O–H groups in total. The molecule has 5 nitrogen and oxygen atoms in total. The zero-order chi connectivity index (χ0) is 14.5. The topological polar surface area (TPSA) is 64.4 Å². The predicted octanol–water partition coefficient (Wildman–Crippen LogP) is 3.98. The van der Waals surface area contributed by atoms with Gasteiger partial charge in [0, 0.05) is 17.8 Å². The monoisotopic (exact) mass is 278 g/mol. The Bertz CT molecular complexity index is 476. The van der Waals surface area contributed by atoms with Gasteiger partial charge in [-0.05, 0) is 30.9 Å². The number of hydrogen-bond donors (Lipinski definition) is 1. The summed E-state index contributed by atoms with van der Waals surface area (Å²) < 4.78 is 5.02. The summed E-state index contributed by atoms with van der Waals surface area (Å²) in [7, 11) is 1.45. The second-order valence-corrected chi connectivity index (χ2v) is 5.35. The van der Waals surface area contributed by atoms with E-state index in [2.05, 4.69) is 12.2 Å². The van der Waals surface area contributed by atoms with E-state index in [-0.39, 0.29) is 5.69 Å². The van der Waals surface area contributed by atoms with Gasteiger partial charge in [0.15, 0.2) is 5.75 Å². The third-order valence-electron chi connectivity index (χ3n) is 4.16. The maximum Gasteiger partial charge on any atom is 0.312 e. The Balaban J connectivity index is 2.16. The average Bonchev–Trinajstić information content (AvgIpc) is 2.47. The fraction of sp³-hybridized carbons (Fsp3) is 0.600. The smallest absolute Gasteiger partial charge is 0.312 e. The first-order valence-corrected chi connectivity index (χ1v) is 7.24. The summed E-state index contributed by atoms with van der Waals surface area (Å²) in [5.41, 5.74) is 0.823. The van der Waals surface area contributed by atoms with Crippen molar-refractivity contribution < 1.29 is 9.66 Å². The summed E-state index contributed by atoms with van der Waals surface area (Å²) in [5.74, 6) is 0.959. The van der Waals surface area contributed by atoms with Crippen LogP contribution < -0.4 is 10.1 Å². The number of nitrogens with zero attached hydrogens (tertiary/aromatic N) is 1. The molecule has 0 aromatic heterocycles. The molecule has 1 saturated carbocycles. The lowest BCUT2D eigenvalue weighted by Crippen LogP contribution is -2.31. The fourth-order valence-corrected chi connectivity index (χ4v) is 3.02. The first-order valence-electron chi connectivity index (χ1n) is 7.24. The number of rotatable bonds is 5. The second-order valence-electron chi connectivity index (χ2n) is 5.35. The molecule has 0 heterocycles. The highest BCUT2D eigenvalue weighted by molar-refractivity contribution is 5.58. The van der Waals surface area contributed by atoms with Crippen LogP contribution in [0, 0.1) is 16.0 Å². The molecule has 0 radical (unpaired) electrons. The molecule has 0 amide bonds. The molecule has 0 aliphatic heterocycles. The molecule has 20 heavy (non-hydrogen) atoms. The van der Waals surface area contributed by atoms with E-state index in [4.69, 9.17) is 4.74 Å². The van der Waals surface area contributed by atoms with E-state index in [9.17, 15) is 10.1 Å². The minimum Gasteiger partial charge on any atom is -0.490 e. The van der Waals surface area contributed by atoms with Gasteiger partial charge < -0.3 is 10.1 Å². The molecule has 1 aromatic carbocycles. The molecule has 2 rings (SSSR count). The number of nitro benzene ring substituents is 1. The number of nitrogens with one attached hydrogen (secondary N) is 1. The van der Waals surface area contributed by atoms with Gasteiger partial charge in [0.1, 0.15) is 0 Å². The number of benzene rings is 1. The van der Waals surface area contributed by atoms with Crippen LogP contribution in [0.4, 0.5) is 11.4 Å². The molecule has 0 bridgehead atoms. The summed E-state index contributed by atoms with van der Waals surface area (Å²) >= 11 is 0. The van der Waals surface area contributed by atoms with Crippen molar-refractivity contribution in [1.82, 2.24) is 0 Å². The Hall–Kier alpha value is -1.78. The third kappa shape index (κ3) is 3.21. The number of anilines is 1. The van der Waals surface area contributed by atoms with Gasteiger partial charge in [0.25, 0.3) is 0 Å². The zero-order valence-electron chi connectivity index (χ0n) is 12.1. The van der Waals surface area contributed by atoms with Crippen molar-refractivity contribution in [3.63, 3.8) is 0 Å². The highest BCUT2D eigenvalue weighted by atomic mass is 16.6. The van der Waals surface area contributed by atoms with E-state index in [0.29, 0.717) is 17.7 Å². The maximum absolute atomic E-state index is 11.0. The van der Waals surface area contributed by atoms with Crippen LogP contribution in [0.15, 0.2) is 18.2 Å². The van der Waals surface area contributed by atoms with E-state index < -0.39 is 4.92 Å². The van der Waals surface area contributed by atoms with Crippen molar-refractivity contribution in [1.29, 1.82) is 0 Å². The number of hydrogen-bond acceptors (Lipinski definition) is 4. The van der Waals surface area contributed by atoms with Gasteiger partial charge in [-0.25, -0.2) is 0 Å². The largest absolute Gasteiger partial charge is 0.490 e. The van der Waals surface area contributed by atoms with Gasteiger partial charge in [-0.3, -0.25) is 10.1 Å². The molecule has 1 aromatic rings. The maximum atomic E-state index is 11.0. The standard InChI is InChI=1S/C15H22N2O3/c1-3-11-6-4-5-7-13(11)16-12-8-9-15(20-2)14(10-12)17(18)19/h8-11,13,16H,3-7H2,1-2H3. The first-order chi connectivity index (χ1) is 9.65. The lowest BCUT2D eigenvalue weighted by molar-refractivity contribution is -0.385. The molecule has 5 heteroatoms. The van der Waals surface area contributed by atoms with E-state index in [1.807, 2.05) is 6.07 Å². The van der Waals surface area contributed by atoms with Gasteiger partial charge >= 0.3 is 5.69 Å². The molecular weight excluding hydrogens is 256 g/mol. The van der Waals surface area contributed by atoms with Gasteiger partial charge in [0.2, 0.25) is 0 Å². The SMILES string of the molecule is CCC1CCCCC1Nc1ccc(OC)c([N+](=O)[O-])c1. The van der Waals surface area contributed by atoms with Crippen LogP contribution in [0.3, 0.4) is 0 Å². The van der Waals surface area contributed by atoms with Crippen LogP contribution in [0.25, 0.3) is 0 Å². The minimum absolute atomic E-state index is 0.0151. The Labute approximate surface area is 119 Å². The van der Waals surface area contributed by atoms with Gasteiger partial charge in [-0.2, -0.15) is 0 Å². The predicted molar refractivity (Wildman–Crippen MR) is 79.3 cm³/mol. The van der Waals surface area contributed by atoms with E-state index >= 15 is 0 Å².